The van der Waals surface area contributed by atoms with Crippen LogP contribution in [0.1, 0.15) is 32.3 Å². The highest BCUT2D eigenvalue weighted by atomic mass is 15.0. The molecule has 2 nitrogen and oxygen atoms in total. The molecular weight excluding hydrogens is 172 g/mol. The number of nitrogens with one attached hydrogen (secondary N) is 1. The predicted octanol–water partition coefficient (Wildman–Crippen LogP) is 2.36. The van der Waals surface area contributed by atoms with Crippen molar-refractivity contribution in [1.29, 1.82) is 0 Å². The Balaban J connectivity index is 1.87. The third-order valence-corrected chi connectivity index (χ3v) is 3.07. The Kier molecular flexibility index (Phi) is 2.55. The molecule has 1 aliphatic rings. The van der Waals surface area contributed by atoms with Gasteiger partial charge >= 0.3 is 0 Å². The van der Waals surface area contributed by atoms with Crippen LogP contribution in [0.3, 0.4) is 0 Å². The van der Waals surface area contributed by atoms with E-state index in [0.717, 1.165) is 12.5 Å². The van der Waals surface area contributed by atoms with E-state index in [9.17, 15) is 0 Å². The van der Waals surface area contributed by atoms with Crippen molar-refractivity contribution in [3.05, 3.63) is 30.1 Å². The predicted molar refractivity (Wildman–Crippen MR) is 57.9 cm³/mol. The van der Waals surface area contributed by atoms with Gasteiger partial charge in [0.15, 0.2) is 0 Å². The van der Waals surface area contributed by atoms with E-state index in [1.54, 1.807) is 0 Å². The van der Waals surface area contributed by atoms with Crippen molar-refractivity contribution in [2.45, 2.75) is 38.8 Å². The molecule has 2 rings (SSSR count). The molecule has 0 amide bonds. The average molecular weight is 190 g/mol. The lowest BCUT2D eigenvalue weighted by Crippen LogP contribution is -2.40. The van der Waals surface area contributed by atoms with Crippen molar-refractivity contribution in [1.82, 2.24) is 10.3 Å². The summed E-state index contributed by atoms with van der Waals surface area (Å²) in [5.41, 5.74) is 1.55. The van der Waals surface area contributed by atoms with Crippen LogP contribution in [-0.2, 0) is 6.54 Å². The summed E-state index contributed by atoms with van der Waals surface area (Å²) in [5.74, 6) is 0.874. The molecule has 0 radical (unpaired) electrons. The lowest BCUT2D eigenvalue weighted by Gasteiger charge is -2.26. The van der Waals surface area contributed by atoms with E-state index >= 15 is 0 Å². The van der Waals surface area contributed by atoms with Crippen LogP contribution in [0.15, 0.2) is 24.5 Å². The topological polar surface area (TPSA) is 24.9 Å². The monoisotopic (exact) mass is 190 g/mol. The van der Waals surface area contributed by atoms with E-state index in [1.807, 2.05) is 18.5 Å². The van der Waals surface area contributed by atoms with Gasteiger partial charge in [0.25, 0.3) is 0 Å². The van der Waals surface area contributed by atoms with E-state index in [1.165, 1.54) is 18.4 Å². The van der Waals surface area contributed by atoms with Crippen molar-refractivity contribution in [2.75, 3.05) is 0 Å². The second-order valence-electron chi connectivity index (χ2n) is 4.71. The molecule has 1 heterocycles. The van der Waals surface area contributed by atoms with Gasteiger partial charge in [-0.2, -0.15) is 0 Å². The fourth-order valence-electron chi connectivity index (χ4n) is 1.78. The Morgan fingerprint density at radius 1 is 1.50 bits per heavy atom. The molecule has 0 saturated heterocycles. The van der Waals surface area contributed by atoms with Crippen LogP contribution in [0.2, 0.25) is 0 Å². The van der Waals surface area contributed by atoms with Crippen LogP contribution in [0.5, 0.6) is 0 Å². The van der Waals surface area contributed by atoms with Crippen LogP contribution in [0, 0.1) is 5.92 Å². The summed E-state index contributed by atoms with van der Waals surface area (Å²) in [6.45, 7) is 5.51. The van der Waals surface area contributed by atoms with Crippen molar-refractivity contribution in [3.63, 3.8) is 0 Å². The number of rotatable bonds is 4. The smallest absolute Gasteiger partial charge is 0.0312 e. The van der Waals surface area contributed by atoms with Gasteiger partial charge in [-0.25, -0.2) is 0 Å². The number of aromatic nitrogens is 1. The first-order chi connectivity index (χ1) is 6.68. The lowest BCUT2D eigenvalue weighted by molar-refractivity contribution is 0.339. The molecule has 0 spiro atoms. The first-order valence-electron chi connectivity index (χ1n) is 5.32. The Morgan fingerprint density at radius 2 is 2.29 bits per heavy atom. The third kappa shape index (κ3) is 2.32. The van der Waals surface area contributed by atoms with Gasteiger partial charge in [0.05, 0.1) is 0 Å². The maximum atomic E-state index is 4.11. The van der Waals surface area contributed by atoms with Crippen LogP contribution < -0.4 is 5.32 Å². The van der Waals surface area contributed by atoms with Gasteiger partial charge in [0.2, 0.25) is 0 Å². The zero-order valence-corrected chi connectivity index (χ0v) is 8.96. The minimum atomic E-state index is 0.288. The number of nitrogens with zero attached hydrogens (tertiary/aromatic N) is 1. The third-order valence-electron chi connectivity index (χ3n) is 3.07. The first-order valence-corrected chi connectivity index (χ1v) is 5.32. The SMILES string of the molecule is CC(C)(NCc1cccnc1)C1CC1. The largest absolute Gasteiger partial charge is 0.307 e. The van der Waals surface area contributed by atoms with Crippen LogP contribution in [0.25, 0.3) is 0 Å². The summed E-state index contributed by atoms with van der Waals surface area (Å²) in [7, 11) is 0. The molecule has 1 aromatic heterocycles. The minimum absolute atomic E-state index is 0.288. The zero-order chi connectivity index (χ0) is 10.0. The van der Waals surface area contributed by atoms with Gasteiger partial charge < -0.3 is 5.32 Å². The Morgan fingerprint density at radius 3 is 2.86 bits per heavy atom. The molecule has 2 heteroatoms. The van der Waals surface area contributed by atoms with Gasteiger partial charge in [0, 0.05) is 24.5 Å². The Hall–Kier alpha value is -0.890. The maximum Gasteiger partial charge on any atom is 0.0312 e. The molecule has 0 bridgehead atoms. The van der Waals surface area contributed by atoms with E-state index in [0.29, 0.717) is 0 Å². The fraction of sp³-hybridized carbons (Fsp3) is 0.583. The van der Waals surface area contributed by atoms with Crippen molar-refractivity contribution in [3.8, 4) is 0 Å². The minimum Gasteiger partial charge on any atom is -0.307 e. The molecule has 14 heavy (non-hydrogen) atoms. The van der Waals surface area contributed by atoms with Gasteiger partial charge in [-0.1, -0.05) is 6.07 Å². The number of hydrogen-bond donors (Lipinski definition) is 1. The molecule has 1 aliphatic carbocycles. The molecule has 0 aromatic carbocycles. The quantitative estimate of drug-likeness (QED) is 0.788. The summed E-state index contributed by atoms with van der Waals surface area (Å²) >= 11 is 0. The van der Waals surface area contributed by atoms with E-state index in [4.69, 9.17) is 0 Å². The van der Waals surface area contributed by atoms with Crippen molar-refractivity contribution < 1.29 is 0 Å². The van der Waals surface area contributed by atoms with E-state index < -0.39 is 0 Å². The summed E-state index contributed by atoms with van der Waals surface area (Å²) in [5, 5.41) is 3.60. The summed E-state index contributed by atoms with van der Waals surface area (Å²) in [4.78, 5) is 4.11. The highest BCUT2D eigenvalue weighted by Gasteiger charge is 2.36. The van der Waals surface area contributed by atoms with Crippen LogP contribution in [-0.4, -0.2) is 10.5 Å². The Labute approximate surface area is 85.7 Å². The molecule has 0 atom stereocenters. The van der Waals surface area contributed by atoms with E-state index in [-0.39, 0.29) is 5.54 Å². The highest BCUT2D eigenvalue weighted by molar-refractivity contribution is 5.09. The normalized spacial score (nSPS) is 17.0. The highest BCUT2D eigenvalue weighted by Crippen LogP contribution is 2.39. The summed E-state index contributed by atoms with van der Waals surface area (Å²) in [6.07, 6.45) is 6.51. The van der Waals surface area contributed by atoms with Gasteiger partial charge in [-0.15, -0.1) is 0 Å². The zero-order valence-electron chi connectivity index (χ0n) is 8.96. The molecule has 1 fully saturated rings. The summed E-state index contributed by atoms with van der Waals surface area (Å²) in [6, 6.07) is 4.10. The molecule has 1 aromatic rings. The standard InChI is InChI=1S/C12H18N2/c1-12(2,11-5-6-11)14-9-10-4-3-7-13-8-10/h3-4,7-8,11,14H,5-6,9H2,1-2H3. The maximum absolute atomic E-state index is 4.11. The van der Waals surface area contributed by atoms with Gasteiger partial charge in [0.1, 0.15) is 0 Å². The lowest BCUT2D eigenvalue weighted by atomic mass is 9.98. The molecule has 0 aliphatic heterocycles. The average Bonchev–Trinajstić information content (AvgIpc) is 3.00. The van der Waals surface area contributed by atoms with Crippen molar-refractivity contribution >= 4 is 0 Å². The number of hydrogen-bond acceptors (Lipinski definition) is 2. The van der Waals surface area contributed by atoms with Crippen LogP contribution >= 0.6 is 0 Å². The molecule has 0 unspecified atom stereocenters. The van der Waals surface area contributed by atoms with Gasteiger partial charge in [-0.05, 0) is 44.2 Å². The fourth-order valence-corrected chi connectivity index (χ4v) is 1.78. The molecule has 76 valence electrons. The molecule has 1 saturated carbocycles. The molecular formula is C12H18N2. The van der Waals surface area contributed by atoms with Crippen molar-refractivity contribution in [2.24, 2.45) is 5.92 Å². The second-order valence-corrected chi connectivity index (χ2v) is 4.71. The molecule has 1 N–H and O–H groups in total. The second kappa shape index (κ2) is 3.70. The first kappa shape index (κ1) is 9.66. The van der Waals surface area contributed by atoms with Crippen LogP contribution in [0.4, 0.5) is 0 Å². The Bertz CT molecular complexity index is 288. The van der Waals surface area contributed by atoms with E-state index in [2.05, 4.69) is 30.2 Å². The number of pyridine rings is 1. The van der Waals surface area contributed by atoms with Gasteiger partial charge in [-0.3, -0.25) is 4.98 Å². The summed E-state index contributed by atoms with van der Waals surface area (Å²) < 4.78 is 0.